The number of rotatable bonds is 6. The number of aliphatic imine (C=N–C) groups is 1. The third kappa shape index (κ3) is 4.58. The van der Waals surface area contributed by atoms with Gasteiger partial charge in [-0.2, -0.15) is 0 Å². The number of carbonyl (C=O) groups excluding carboxylic acids is 2. The Bertz CT molecular complexity index is 205. The van der Waals surface area contributed by atoms with E-state index in [0.29, 0.717) is 6.54 Å². The summed E-state index contributed by atoms with van der Waals surface area (Å²) in [4.78, 5) is 24.0. The summed E-state index contributed by atoms with van der Waals surface area (Å²) < 4.78 is 0. The van der Waals surface area contributed by atoms with E-state index < -0.39 is 0 Å². The van der Waals surface area contributed by atoms with Gasteiger partial charge in [-0.3, -0.25) is 4.79 Å². The summed E-state index contributed by atoms with van der Waals surface area (Å²) in [5, 5.41) is 0. The number of nitrogens with zero attached hydrogens (tertiary/aromatic N) is 1. The van der Waals surface area contributed by atoms with Gasteiger partial charge in [-0.25, -0.2) is 9.79 Å². The molecule has 0 aromatic carbocycles. The van der Waals surface area contributed by atoms with E-state index in [1.54, 1.807) is 0 Å². The van der Waals surface area contributed by atoms with Gasteiger partial charge in [0.2, 0.25) is 6.08 Å². The van der Waals surface area contributed by atoms with Crippen LogP contribution in [0.5, 0.6) is 0 Å². The van der Waals surface area contributed by atoms with Crippen molar-refractivity contribution in [1.29, 1.82) is 0 Å². The summed E-state index contributed by atoms with van der Waals surface area (Å²) in [6.07, 6.45) is 4.27. The fourth-order valence-corrected chi connectivity index (χ4v) is 0.866. The van der Waals surface area contributed by atoms with E-state index >= 15 is 0 Å². The number of hydrogen-bond donors (Lipinski definition) is 0. The minimum atomic E-state index is -0.00986. The van der Waals surface area contributed by atoms with Gasteiger partial charge in [0, 0.05) is 5.92 Å². The van der Waals surface area contributed by atoms with E-state index in [-0.39, 0.29) is 11.7 Å². The number of carbonyl (C=O) groups is 1. The van der Waals surface area contributed by atoms with E-state index in [2.05, 4.69) is 11.6 Å². The van der Waals surface area contributed by atoms with Crippen LogP contribution in [-0.2, 0) is 9.59 Å². The monoisotopic (exact) mass is 167 g/mol. The molecule has 0 fully saturated rings. The van der Waals surface area contributed by atoms with Gasteiger partial charge in [0.15, 0.2) is 5.78 Å². The van der Waals surface area contributed by atoms with Crippen LogP contribution in [0.2, 0.25) is 0 Å². The Morgan fingerprint density at radius 3 is 2.92 bits per heavy atom. The van der Waals surface area contributed by atoms with Crippen LogP contribution in [0.25, 0.3) is 0 Å². The highest BCUT2D eigenvalue weighted by atomic mass is 16.1. The highest BCUT2D eigenvalue weighted by Gasteiger charge is 2.07. The zero-order chi connectivity index (χ0) is 9.40. The van der Waals surface area contributed by atoms with Gasteiger partial charge < -0.3 is 0 Å². The second-order valence-corrected chi connectivity index (χ2v) is 2.62. The molecule has 0 aromatic rings. The van der Waals surface area contributed by atoms with Gasteiger partial charge in [0.1, 0.15) is 0 Å². The highest BCUT2D eigenvalue weighted by molar-refractivity contribution is 5.90. The Labute approximate surface area is 72.2 Å². The van der Waals surface area contributed by atoms with E-state index in [9.17, 15) is 9.59 Å². The van der Waals surface area contributed by atoms with Crippen molar-refractivity contribution in [3.63, 3.8) is 0 Å². The Morgan fingerprint density at radius 1 is 1.75 bits per heavy atom. The first-order valence-corrected chi connectivity index (χ1v) is 3.92. The Kier molecular flexibility index (Phi) is 5.84. The molecule has 0 aliphatic heterocycles. The minimum absolute atomic E-state index is 0.00986. The molecule has 0 radical (unpaired) electrons. The summed E-state index contributed by atoms with van der Waals surface area (Å²) in [5.74, 6) is 0.0365. The van der Waals surface area contributed by atoms with Crippen molar-refractivity contribution < 1.29 is 9.59 Å². The normalized spacial score (nSPS) is 11.4. The average Bonchev–Trinajstić information content (AvgIpc) is 2.10. The Morgan fingerprint density at radius 2 is 2.42 bits per heavy atom. The molecule has 3 heteroatoms. The fourth-order valence-electron chi connectivity index (χ4n) is 0.866. The van der Waals surface area contributed by atoms with Gasteiger partial charge in [-0.1, -0.05) is 13.5 Å². The summed E-state index contributed by atoms with van der Waals surface area (Å²) in [6.45, 7) is 5.69. The lowest BCUT2D eigenvalue weighted by Gasteiger charge is -2.04. The molecular weight excluding hydrogens is 154 g/mol. The molecular formula is C9H13NO2. The molecule has 66 valence electrons. The van der Waals surface area contributed by atoms with Crippen LogP contribution in [0.1, 0.15) is 19.8 Å². The predicted molar refractivity (Wildman–Crippen MR) is 46.6 cm³/mol. The molecule has 0 spiro atoms. The topological polar surface area (TPSA) is 46.5 Å². The van der Waals surface area contributed by atoms with Crippen molar-refractivity contribution in [1.82, 2.24) is 0 Å². The number of hydrogen-bond acceptors (Lipinski definition) is 3. The van der Waals surface area contributed by atoms with Crippen molar-refractivity contribution in [2.24, 2.45) is 10.9 Å². The lowest BCUT2D eigenvalue weighted by molar-refractivity contribution is -0.117. The maximum absolute atomic E-state index is 10.9. The maximum atomic E-state index is 10.9. The average molecular weight is 167 g/mol. The molecule has 12 heavy (non-hydrogen) atoms. The first kappa shape index (κ1) is 10.8. The number of ketones is 1. The van der Waals surface area contributed by atoms with Crippen LogP contribution in [0.4, 0.5) is 0 Å². The minimum Gasteiger partial charge on any atom is -0.295 e. The molecule has 0 saturated heterocycles. The standard InChI is InChI=1S/C9H13NO2/c1-3-9(12)8(2)5-4-6-10-7-11/h3,8H,1,4-6H2,2H3. The Balaban J connectivity index is 3.56. The van der Waals surface area contributed by atoms with Gasteiger partial charge in [-0.15, -0.1) is 0 Å². The van der Waals surface area contributed by atoms with Crippen LogP contribution in [0.15, 0.2) is 17.6 Å². The third-order valence-electron chi connectivity index (χ3n) is 1.66. The smallest absolute Gasteiger partial charge is 0.234 e. The van der Waals surface area contributed by atoms with E-state index in [0.717, 1.165) is 12.8 Å². The largest absolute Gasteiger partial charge is 0.295 e. The van der Waals surface area contributed by atoms with Crippen LogP contribution >= 0.6 is 0 Å². The van der Waals surface area contributed by atoms with Crippen molar-refractivity contribution in [2.75, 3.05) is 6.54 Å². The lowest BCUT2D eigenvalue weighted by atomic mass is 10.0. The van der Waals surface area contributed by atoms with Crippen LogP contribution in [-0.4, -0.2) is 18.4 Å². The first-order chi connectivity index (χ1) is 5.72. The second-order valence-electron chi connectivity index (χ2n) is 2.62. The van der Waals surface area contributed by atoms with E-state index in [4.69, 9.17) is 0 Å². The Hall–Kier alpha value is -1.21. The molecule has 0 amide bonds. The molecule has 0 saturated carbocycles. The van der Waals surface area contributed by atoms with Crippen molar-refractivity contribution >= 4 is 11.9 Å². The second kappa shape index (κ2) is 6.50. The van der Waals surface area contributed by atoms with Gasteiger partial charge >= 0.3 is 0 Å². The zero-order valence-corrected chi connectivity index (χ0v) is 7.25. The van der Waals surface area contributed by atoms with Crippen molar-refractivity contribution in [2.45, 2.75) is 19.8 Å². The van der Waals surface area contributed by atoms with Gasteiger partial charge in [-0.05, 0) is 18.9 Å². The summed E-state index contributed by atoms with van der Waals surface area (Å²) in [7, 11) is 0. The molecule has 0 bridgehead atoms. The fraction of sp³-hybridized carbons (Fsp3) is 0.556. The number of isocyanates is 1. The van der Waals surface area contributed by atoms with E-state index in [1.807, 2.05) is 6.92 Å². The summed E-state index contributed by atoms with van der Waals surface area (Å²) >= 11 is 0. The molecule has 0 rings (SSSR count). The van der Waals surface area contributed by atoms with Crippen molar-refractivity contribution in [3.8, 4) is 0 Å². The summed E-state index contributed by atoms with van der Waals surface area (Å²) in [6, 6.07) is 0. The first-order valence-electron chi connectivity index (χ1n) is 3.92. The molecule has 1 atom stereocenters. The molecule has 0 heterocycles. The van der Waals surface area contributed by atoms with Crippen LogP contribution < -0.4 is 0 Å². The lowest BCUT2D eigenvalue weighted by Crippen LogP contribution is -2.07. The van der Waals surface area contributed by atoms with Crippen LogP contribution in [0, 0.1) is 5.92 Å². The molecule has 0 N–H and O–H groups in total. The van der Waals surface area contributed by atoms with Gasteiger partial charge in [0.25, 0.3) is 0 Å². The third-order valence-corrected chi connectivity index (χ3v) is 1.66. The molecule has 0 aromatic heterocycles. The van der Waals surface area contributed by atoms with Crippen molar-refractivity contribution in [3.05, 3.63) is 12.7 Å². The molecule has 0 aliphatic rings. The zero-order valence-electron chi connectivity index (χ0n) is 7.25. The molecule has 3 nitrogen and oxygen atoms in total. The number of allylic oxidation sites excluding steroid dienone is 1. The van der Waals surface area contributed by atoms with E-state index in [1.165, 1.54) is 12.2 Å². The molecule has 0 aliphatic carbocycles. The summed E-state index contributed by atoms with van der Waals surface area (Å²) in [5.41, 5.74) is 0. The maximum Gasteiger partial charge on any atom is 0.234 e. The SMILES string of the molecule is C=CC(=O)C(C)CCCN=C=O. The molecule has 1 unspecified atom stereocenters. The quantitative estimate of drug-likeness (QED) is 0.260. The van der Waals surface area contributed by atoms with Gasteiger partial charge in [0.05, 0.1) is 6.54 Å². The van der Waals surface area contributed by atoms with Crippen LogP contribution in [0.3, 0.4) is 0 Å². The highest BCUT2D eigenvalue weighted by Crippen LogP contribution is 2.06. The predicted octanol–water partition coefficient (Wildman–Crippen LogP) is 1.49.